The Morgan fingerprint density at radius 3 is 2.05 bits per heavy atom. The molecule has 1 saturated heterocycles. The average molecular weight is 631 g/mol. The van der Waals surface area contributed by atoms with E-state index in [4.69, 9.17) is 0 Å². The zero-order chi connectivity index (χ0) is 28.4. The molecule has 7 rings (SSSR count). The number of Topliss-reactive ketones (excluding diaryl/α,β-unsaturated/α-hetero) is 2. The van der Waals surface area contributed by atoms with Crippen LogP contribution in [0.15, 0.2) is 0 Å². The van der Waals surface area contributed by atoms with Gasteiger partial charge in [0.2, 0.25) is 11.8 Å². The summed E-state index contributed by atoms with van der Waals surface area (Å²) in [6.45, 7) is 12.8. The molecule has 1 radical (unpaired) electrons. The smallest absolute Gasteiger partial charge is 0.233 e. The molecule has 221 valence electrons. The number of nitrogens with zero attached hydrogens (tertiary/aromatic N) is 1. The number of carbonyl (C=O) groups excluding carboxylic acids is 4. The predicted molar refractivity (Wildman–Crippen MR) is 149 cm³/mol. The van der Waals surface area contributed by atoms with E-state index < -0.39 is 5.41 Å². The average Bonchev–Trinajstić information content (AvgIpc) is 3.11. The molecule has 0 aromatic rings. The van der Waals surface area contributed by atoms with E-state index in [1.807, 2.05) is 34.6 Å². The van der Waals surface area contributed by atoms with E-state index in [1.54, 1.807) is 0 Å². The second-order valence-corrected chi connectivity index (χ2v) is 15.0. The zero-order valence-corrected chi connectivity index (χ0v) is 28.4. The van der Waals surface area contributed by atoms with Crippen molar-refractivity contribution >= 4 is 23.4 Å². The van der Waals surface area contributed by atoms with E-state index >= 15 is 0 Å². The number of ketones is 2. The van der Waals surface area contributed by atoms with Gasteiger partial charge in [-0.3, -0.25) is 24.1 Å². The van der Waals surface area contributed by atoms with E-state index in [-0.39, 0.29) is 105 Å². The summed E-state index contributed by atoms with van der Waals surface area (Å²) >= 11 is 0. The van der Waals surface area contributed by atoms with Crippen LogP contribution < -0.4 is 0 Å². The monoisotopic (exact) mass is 630 g/mol. The molecule has 1 N–H and O–H groups in total. The second-order valence-electron chi connectivity index (χ2n) is 15.0. The first kappa shape index (κ1) is 32.5. The van der Waals surface area contributed by atoms with Gasteiger partial charge in [0.15, 0.2) is 0 Å². The molecule has 40 heavy (non-hydrogen) atoms. The first-order valence-corrected chi connectivity index (χ1v) is 15.9. The number of fused-ring (bicyclic) bond motifs is 7. The Kier molecular flexibility index (Phi) is 9.96. The van der Waals surface area contributed by atoms with Crippen molar-refractivity contribution in [3.8, 4) is 0 Å². The molecule has 6 saturated carbocycles. The van der Waals surface area contributed by atoms with Gasteiger partial charge in [0.1, 0.15) is 11.6 Å². The molecule has 2 amide bonds. The molecule has 0 spiro atoms. The molecule has 6 nitrogen and oxygen atoms in total. The minimum absolute atomic E-state index is 0. The zero-order valence-electron chi connectivity index (χ0n) is 25.6. The minimum Gasteiger partial charge on any atom is -0.396 e. The van der Waals surface area contributed by atoms with Gasteiger partial charge in [-0.25, -0.2) is 0 Å². The van der Waals surface area contributed by atoms with Gasteiger partial charge in [-0.15, -0.1) is 0 Å². The third kappa shape index (κ3) is 5.27. The van der Waals surface area contributed by atoms with Crippen LogP contribution in [0, 0.1) is 76.4 Å². The van der Waals surface area contributed by atoms with Crippen molar-refractivity contribution in [2.75, 3.05) is 13.2 Å². The number of rotatable bonds is 8. The molecule has 7 fully saturated rings. The van der Waals surface area contributed by atoms with Crippen LogP contribution in [0.5, 0.6) is 0 Å². The first-order chi connectivity index (χ1) is 18.4. The second kappa shape index (κ2) is 12.3. The third-order valence-electron chi connectivity index (χ3n) is 12.1. The van der Waals surface area contributed by atoms with Crippen LogP contribution in [0.1, 0.15) is 92.9 Å². The summed E-state index contributed by atoms with van der Waals surface area (Å²) in [7, 11) is 0. The molecule has 1 heterocycles. The van der Waals surface area contributed by atoms with Crippen LogP contribution in [-0.2, 0) is 51.9 Å². The molecule has 7 aliphatic rings. The summed E-state index contributed by atoms with van der Waals surface area (Å²) in [5.74, 6) is 2.43. The number of carbonyl (C=O) groups is 4. The van der Waals surface area contributed by atoms with E-state index in [0.717, 1.165) is 44.9 Å². The van der Waals surface area contributed by atoms with Crippen molar-refractivity contribution in [1.29, 1.82) is 0 Å². The summed E-state index contributed by atoms with van der Waals surface area (Å²) < 4.78 is 0. The van der Waals surface area contributed by atoms with Crippen LogP contribution in [0.4, 0.5) is 0 Å². The summed E-state index contributed by atoms with van der Waals surface area (Å²) in [5.41, 5.74) is -0.397. The van der Waals surface area contributed by atoms with Gasteiger partial charge < -0.3 is 5.11 Å². The van der Waals surface area contributed by atoms with Crippen LogP contribution in [0.25, 0.3) is 0 Å². The SMILES string of the molecule is CCCN1C(=O)C(C)C(C2C3CCC(C(C(=O)C(C)(C)C)C3)C2C2C3CCC(C(C(=O)CCO)C3)C2C)C1=O.[Y]. The van der Waals surface area contributed by atoms with Crippen LogP contribution in [-0.4, -0.2) is 46.5 Å². The first-order valence-electron chi connectivity index (χ1n) is 15.9. The van der Waals surface area contributed by atoms with E-state index in [1.165, 1.54) is 4.90 Å². The summed E-state index contributed by atoms with van der Waals surface area (Å²) in [4.78, 5) is 55.6. The number of amides is 2. The number of hydrogen-bond acceptors (Lipinski definition) is 5. The normalized spacial score (nSPS) is 42.7. The number of hydrogen-bond donors (Lipinski definition) is 1. The maximum absolute atomic E-state index is 13.9. The number of aliphatic hydroxyl groups excluding tert-OH is 1. The Morgan fingerprint density at radius 2 is 1.48 bits per heavy atom. The molecule has 7 heteroatoms. The Bertz CT molecular complexity index is 1000. The fourth-order valence-corrected chi connectivity index (χ4v) is 10.7. The number of imide groups is 1. The molecule has 0 aromatic carbocycles. The topological polar surface area (TPSA) is 91.8 Å². The largest absolute Gasteiger partial charge is 0.396 e. The van der Waals surface area contributed by atoms with Crippen molar-refractivity contribution < 1.29 is 57.0 Å². The molecular weight excluding hydrogens is 579 g/mol. The van der Waals surface area contributed by atoms with Gasteiger partial charge in [-0.05, 0) is 92.3 Å². The maximum Gasteiger partial charge on any atom is 0.233 e. The molecule has 0 aromatic heterocycles. The van der Waals surface area contributed by atoms with Crippen molar-refractivity contribution in [1.82, 2.24) is 4.90 Å². The van der Waals surface area contributed by atoms with Gasteiger partial charge >= 0.3 is 0 Å². The van der Waals surface area contributed by atoms with Gasteiger partial charge in [0, 0.05) is 75.5 Å². The molecule has 12 atom stereocenters. The van der Waals surface area contributed by atoms with E-state index in [9.17, 15) is 24.3 Å². The maximum atomic E-state index is 13.9. The van der Waals surface area contributed by atoms with Crippen molar-refractivity contribution in [2.24, 2.45) is 76.4 Å². The number of likely N-dealkylation sites (tertiary alicyclic amines) is 1. The van der Waals surface area contributed by atoms with Crippen LogP contribution >= 0.6 is 0 Å². The van der Waals surface area contributed by atoms with Gasteiger partial charge in [-0.1, -0.05) is 41.5 Å². The Hall–Kier alpha value is -0.456. The standard InChI is InChI=1S/C33H51NO5.Y/c1-7-13-34-31(38)18(3)27(32(34)39)28-20-9-11-22(24(16-20)30(37)33(4,5)6)29(28)26-17(2)21-10-8-19(26)15-23(21)25(36)12-14-35;/h17-24,26-29,35H,7-16H2,1-6H3;. The Labute approximate surface area is 266 Å². The quantitative estimate of drug-likeness (QED) is 0.375. The predicted octanol–water partition coefficient (Wildman–Crippen LogP) is 5.16. The molecular formula is C33H51NO5Y. The molecule has 1 aliphatic heterocycles. The Balaban J connectivity index is 0.00000370. The van der Waals surface area contributed by atoms with Gasteiger partial charge in [-0.2, -0.15) is 0 Å². The van der Waals surface area contributed by atoms with E-state index in [2.05, 4.69) is 6.92 Å². The molecule has 12 unspecified atom stereocenters. The molecule has 4 bridgehead atoms. The van der Waals surface area contributed by atoms with Crippen molar-refractivity contribution in [3.05, 3.63) is 0 Å². The third-order valence-corrected chi connectivity index (χ3v) is 12.1. The number of aliphatic hydroxyl groups is 1. The minimum atomic E-state index is -0.397. The van der Waals surface area contributed by atoms with Crippen LogP contribution in [0.3, 0.4) is 0 Å². The summed E-state index contributed by atoms with van der Waals surface area (Å²) in [6, 6.07) is 0. The summed E-state index contributed by atoms with van der Waals surface area (Å²) in [6.07, 6.45) is 7.00. The van der Waals surface area contributed by atoms with Gasteiger partial charge in [0.05, 0.1) is 5.92 Å². The van der Waals surface area contributed by atoms with Gasteiger partial charge in [0.25, 0.3) is 0 Å². The van der Waals surface area contributed by atoms with E-state index in [0.29, 0.717) is 41.9 Å². The van der Waals surface area contributed by atoms with Crippen molar-refractivity contribution in [3.63, 3.8) is 0 Å². The van der Waals surface area contributed by atoms with Crippen molar-refractivity contribution in [2.45, 2.75) is 92.9 Å². The Morgan fingerprint density at radius 1 is 0.875 bits per heavy atom. The molecule has 6 aliphatic carbocycles. The summed E-state index contributed by atoms with van der Waals surface area (Å²) in [5, 5.41) is 9.45. The van der Waals surface area contributed by atoms with Crippen LogP contribution in [0.2, 0.25) is 0 Å². The fraction of sp³-hybridized carbons (Fsp3) is 0.879. The fourth-order valence-electron chi connectivity index (χ4n) is 10.7.